The van der Waals surface area contributed by atoms with E-state index in [9.17, 15) is 14.4 Å². The van der Waals surface area contributed by atoms with Gasteiger partial charge in [-0.05, 0) is 50.8 Å². The van der Waals surface area contributed by atoms with Crippen LogP contribution in [0.2, 0.25) is 0 Å². The van der Waals surface area contributed by atoms with Crippen LogP contribution in [0.25, 0.3) is 0 Å². The number of likely N-dealkylation sites (N-methyl/N-ethyl adjacent to an activating group) is 2. The molecule has 1 N–H and O–H groups in total. The summed E-state index contributed by atoms with van der Waals surface area (Å²) in [5, 5.41) is 4.14. The Morgan fingerprint density at radius 2 is 2.11 bits per heavy atom. The van der Waals surface area contributed by atoms with Crippen molar-refractivity contribution in [2.24, 2.45) is 5.92 Å². The first-order chi connectivity index (χ1) is 13.5. The molecule has 3 amide bonds. The zero-order chi connectivity index (χ0) is 19.8. The lowest BCUT2D eigenvalue weighted by Gasteiger charge is -2.30. The zero-order valence-corrected chi connectivity index (χ0v) is 17.4. The molecule has 4 rings (SSSR count). The molecule has 152 valence electrons. The Kier molecular flexibility index (Phi) is 5.42. The number of fused-ring (bicyclic) bond motifs is 3. The van der Waals surface area contributed by atoms with Crippen LogP contribution < -0.4 is 10.2 Å². The molecule has 1 fully saturated rings. The maximum absolute atomic E-state index is 12.9. The van der Waals surface area contributed by atoms with Gasteiger partial charge in [0.05, 0.1) is 12.1 Å². The summed E-state index contributed by atoms with van der Waals surface area (Å²) in [5.41, 5.74) is 1.71. The van der Waals surface area contributed by atoms with Crippen molar-refractivity contribution in [2.45, 2.75) is 39.2 Å². The fourth-order valence-corrected chi connectivity index (χ4v) is 5.91. The number of hydrogen-bond acceptors (Lipinski definition) is 5. The number of hydrogen-bond donors (Lipinski definition) is 1. The highest BCUT2D eigenvalue weighted by Gasteiger charge is 2.37. The summed E-state index contributed by atoms with van der Waals surface area (Å²) < 4.78 is 0. The van der Waals surface area contributed by atoms with Gasteiger partial charge in [-0.3, -0.25) is 14.4 Å². The summed E-state index contributed by atoms with van der Waals surface area (Å²) in [5.74, 6) is 0.499. The van der Waals surface area contributed by atoms with Gasteiger partial charge >= 0.3 is 0 Å². The predicted molar refractivity (Wildman–Crippen MR) is 109 cm³/mol. The Bertz CT molecular complexity index is 800. The van der Waals surface area contributed by atoms with Crippen molar-refractivity contribution in [2.75, 3.05) is 44.7 Å². The Hall–Kier alpha value is -1.93. The topological polar surface area (TPSA) is 73.0 Å². The van der Waals surface area contributed by atoms with E-state index in [4.69, 9.17) is 0 Å². The summed E-state index contributed by atoms with van der Waals surface area (Å²) in [4.78, 5) is 44.5. The molecule has 0 saturated carbocycles. The highest BCUT2D eigenvalue weighted by molar-refractivity contribution is 7.17. The van der Waals surface area contributed by atoms with Gasteiger partial charge in [0.25, 0.3) is 5.91 Å². The molecule has 0 aromatic carbocycles. The number of anilines is 1. The van der Waals surface area contributed by atoms with Crippen molar-refractivity contribution in [3.8, 4) is 0 Å². The molecule has 7 nitrogen and oxygen atoms in total. The van der Waals surface area contributed by atoms with E-state index >= 15 is 0 Å². The van der Waals surface area contributed by atoms with Gasteiger partial charge < -0.3 is 20.0 Å². The molecule has 3 aliphatic heterocycles. The fraction of sp³-hybridized carbons (Fsp3) is 0.650. The zero-order valence-electron chi connectivity index (χ0n) is 16.6. The van der Waals surface area contributed by atoms with Gasteiger partial charge in [-0.15, -0.1) is 11.3 Å². The lowest BCUT2D eigenvalue weighted by molar-refractivity contribution is -0.133. The third-order valence-corrected chi connectivity index (χ3v) is 7.29. The molecule has 1 aromatic rings. The molecule has 1 aromatic heterocycles. The lowest BCUT2D eigenvalue weighted by atomic mass is 9.95. The maximum atomic E-state index is 12.9. The first-order valence-electron chi connectivity index (χ1n) is 10.2. The molecule has 0 bridgehead atoms. The molecule has 0 aliphatic carbocycles. The highest BCUT2D eigenvalue weighted by Crippen LogP contribution is 2.41. The van der Waals surface area contributed by atoms with Crippen LogP contribution in [0.3, 0.4) is 0 Å². The van der Waals surface area contributed by atoms with Crippen LogP contribution in [0.5, 0.6) is 0 Å². The third-order valence-electron chi connectivity index (χ3n) is 6.05. The molecule has 3 aliphatic rings. The summed E-state index contributed by atoms with van der Waals surface area (Å²) in [6.07, 6.45) is 3.52. The number of amides is 3. The maximum Gasteiger partial charge on any atom is 0.257 e. The van der Waals surface area contributed by atoms with Crippen LogP contribution >= 0.6 is 11.3 Å². The van der Waals surface area contributed by atoms with Gasteiger partial charge in [0.15, 0.2) is 0 Å². The number of piperidine rings is 1. The van der Waals surface area contributed by atoms with Crippen molar-refractivity contribution < 1.29 is 14.4 Å². The van der Waals surface area contributed by atoms with Gasteiger partial charge in [-0.1, -0.05) is 0 Å². The third kappa shape index (κ3) is 3.43. The van der Waals surface area contributed by atoms with Gasteiger partial charge in [-0.25, -0.2) is 0 Å². The van der Waals surface area contributed by atoms with Crippen molar-refractivity contribution in [1.29, 1.82) is 0 Å². The van der Waals surface area contributed by atoms with Crippen molar-refractivity contribution >= 4 is 34.1 Å². The number of nitrogens with zero attached hydrogens (tertiary/aromatic N) is 3. The Morgan fingerprint density at radius 3 is 2.82 bits per heavy atom. The number of carbonyl (C=O) groups is 3. The summed E-state index contributed by atoms with van der Waals surface area (Å²) in [6, 6.07) is 0. The van der Waals surface area contributed by atoms with Gasteiger partial charge in [-0.2, -0.15) is 0 Å². The molecular formula is C20H28N4O3S. The van der Waals surface area contributed by atoms with E-state index in [1.54, 1.807) is 11.9 Å². The number of thiophene rings is 1. The molecule has 1 saturated heterocycles. The SMILES string of the molecule is CCN1C(=O)CN(C)C(=O)c2c1sc1c2CCN(C(=O)CC2CCCNC2)C1. The lowest BCUT2D eigenvalue weighted by Crippen LogP contribution is -2.39. The molecule has 28 heavy (non-hydrogen) atoms. The van der Waals surface area contributed by atoms with Crippen molar-refractivity contribution in [3.05, 3.63) is 16.0 Å². The molecule has 4 heterocycles. The van der Waals surface area contributed by atoms with E-state index in [1.807, 2.05) is 11.8 Å². The van der Waals surface area contributed by atoms with E-state index in [0.29, 0.717) is 44.0 Å². The largest absolute Gasteiger partial charge is 0.337 e. The minimum Gasteiger partial charge on any atom is -0.337 e. The van der Waals surface area contributed by atoms with Crippen LogP contribution in [0.15, 0.2) is 0 Å². The smallest absolute Gasteiger partial charge is 0.257 e. The van der Waals surface area contributed by atoms with Crippen LogP contribution in [0.1, 0.15) is 47.0 Å². The molecule has 0 spiro atoms. The number of nitrogens with one attached hydrogen (secondary N) is 1. The summed E-state index contributed by atoms with van der Waals surface area (Å²) >= 11 is 1.51. The first-order valence-corrected chi connectivity index (χ1v) is 11.0. The van der Waals surface area contributed by atoms with E-state index in [-0.39, 0.29) is 24.3 Å². The van der Waals surface area contributed by atoms with Crippen LogP contribution in [-0.4, -0.2) is 67.3 Å². The minimum absolute atomic E-state index is 0.0478. The number of carbonyl (C=O) groups excluding carboxylic acids is 3. The number of rotatable bonds is 3. The van der Waals surface area contributed by atoms with Gasteiger partial charge in [0, 0.05) is 31.4 Å². The van der Waals surface area contributed by atoms with Gasteiger partial charge in [0.2, 0.25) is 11.8 Å². The molecular weight excluding hydrogens is 376 g/mol. The monoisotopic (exact) mass is 404 g/mol. The summed E-state index contributed by atoms with van der Waals surface area (Å²) in [6.45, 7) is 5.76. The Labute approximate surface area is 169 Å². The van der Waals surface area contributed by atoms with E-state index in [1.165, 1.54) is 16.2 Å². The second kappa shape index (κ2) is 7.83. The standard InChI is InChI=1S/C20H28N4O3S/c1-3-24-17(26)12-22(2)19(27)18-14-6-8-23(11-15(14)28-20(18)24)16(25)9-13-5-4-7-21-10-13/h13,21H,3-12H2,1-2H3. The van der Waals surface area contributed by atoms with Crippen molar-refractivity contribution in [3.63, 3.8) is 0 Å². The van der Waals surface area contributed by atoms with E-state index in [0.717, 1.165) is 41.4 Å². The molecule has 1 unspecified atom stereocenters. The Morgan fingerprint density at radius 1 is 1.29 bits per heavy atom. The molecule has 0 radical (unpaired) electrons. The van der Waals surface area contributed by atoms with Crippen LogP contribution in [-0.2, 0) is 22.6 Å². The van der Waals surface area contributed by atoms with Crippen LogP contribution in [0.4, 0.5) is 5.00 Å². The van der Waals surface area contributed by atoms with E-state index in [2.05, 4.69) is 5.32 Å². The van der Waals surface area contributed by atoms with Crippen LogP contribution in [0, 0.1) is 5.92 Å². The molecule has 1 atom stereocenters. The first kappa shape index (κ1) is 19.4. The minimum atomic E-state index is -0.0788. The predicted octanol–water partition coefficient (Wildman–Crippen LogP) is 1.46. The second-order valence-electron chi connectivity index (χ2n) is 7.96. The molecule has 8 heteroatoms. The average molecular weight is 405 g/mol. The quantitative estimate of drug-likeness (QED) is 0.828. The summed E-state index contributed by atoms with van der Waals surface area (Å²) in [7, 11) is 1.68. The normalized spacial score (nSPS) is 22.8. The fourth-order valence-electron chi connectivity index (χ4n) is 4.47. The highest BCUT2D eigenvalue weighted by atomic mass is 32.1. The second-order valence-corrected chi connectivity index (χ2v) is 9.05. The average Bonchev–Trinajstić information content (AvgIpc) is 3.02. The Balaban J connectivity index is 1.57. The van der Waals surface area contributed by atoms with Gasteiger partial charge in [0.1, 0.15) is 11.5 Å². The van der Waals surface area contributed by atoms with E-state index < -0.39 is 0 Å². The van der Waals surface area contributed by atoms with Crippen molar-refractivity contribution in [1.82, 2.24) is 15.1 Å².